The molecule has 0 aliphatic rings. The molecule has 0 aliphatic heterocycles. The third-order valence-electron chi connectivity index (χ3n) is 0.667. The minimum absolute atomic E-state index is 0. The number of rotatable bonds is 0. The van der Waals surface area contributed by atoms with Crippen molar-refractivity contribution >= 4 is 26.2 Å². The molecule has 0 nitrogen and oxygen atoms in total. The summed E-state index contributed by atoms with van der Waals surface area (Å²) in [6.45, 7) is 0. The van der Waals surface area contributed by atoms with Crippen LogP contribution >= 0.6 is 0 Å². The Balaban J connectivity index is 0.000000360. The van der Waals surface area contributed by atoms with Gasteiger partial charge in [-0.25, -0.2) is 0 Å². The van der Waals surface area contributed by atoms with Crippen molar-refractivity contribution in [2.45, 2.75) is 0 Å². The van der Waals surface area contributed by atoms with Gasteiger partial charge in [0.2, 0.25) is 0 Å². The molecule has 0 amide bonds. The molecule has 38 valence electrons. The van der Waals surface area contributed by atoms with Crippen LogP contribution in [0, 0.1) is 0 Å². The van der Waals surface area contributed by atoms with Crippen molar-refractivity contribution < 1.29 is 0 Å². The molecule has 1 heteroatoms. The first-order chi connectivity index (χ1) is 3.00. The molecule has 0 fully saturated rings. The van der Waals surface area contributed by atoms with E-state index in [-0.39, 0.29) is 26.2 Å². The zero-order valence-corrected chi connectivity index (χ0v) is 9.67. The van der Waals surface area contributed by atoms with E-state index in [9.17, 15) is 0 Å². The zero-order chi connectivity index (χ0) is 4.24. The average Bonchev–Trinajstić information content (AvgIpc) is 1.72. The normalized spacial score (nSPS) is 6.86. The van der Waals surface area contributed by atoms with Crippen LogP contribution in [0.15, 0.2) is 36.4 Å². The Kier molecular flexibility index (Phi) is 4.33. The second kappa shape index (κ2) is 4.27. The van der Waals surface area contributed by atoms with Crippen LogP contribution in [0.3, 0.4) is 0 Å². The van der Waals surface area contributed by atoms with Gasteiger partial charge >= 0.3 is 26.2 Å². The Hall–Kier alpha value is 0.103. The Labute approximate surface area is 62.7 Å². The van der Waals surface area contributed by atoms with Gasteiger partial charge in [0.05, 0.1) is 0 Å². The van der Waals surface area contributed by atoms with E-state index < -0.39 is 0 Å². The summed E-state index contributed by atoms with van der Waals surface area (Å²) in [6, 6.07) is 12.0. The second-order valence-electron chi connectivity index (χ2n) is 1.15. The van der Waals surface area contributed by atoms with Gasteiger partial charge in [0.1, 0.15) is 0 Å². The van der Waals surface area contributed by atoms with E-state index in [2.05, 4.69) is 0 Å². The van der Waals surface area contributed by atoms with Crippen LogP contribution < -0.4 is 0 Å². The topological polar surface area (TPSA) is 0 Å². The Morgan fingerprint density at radius 3 is 0.714 bits per heavy atom. The Morgan fingerprint density at radius 2 is 0.571 bits per heavy atom. The summed E-state index contributed by atoms with van der Waals surface area (Å²) in [5, 5.41) is 0. The van der Waals surface area contributed by atoms with Crippen molar-refractivity contribution in [1.82, 2.24) is 0 Å². The van der Waals surface area contributed by atoms with Crippen LogP contribution in [0.25, 0.3) is 0 Å². The van der Waals surface area contributed by atoms with Gasteiger partial charge in [-0.1, -0.05) is 36.4 Å². The maximum atomic E-state index is 2.00. The fourth-order valence-electron chi connectivity index (χ4n) is 0.385. The Morgan fingerprint density at radius 1 is 0.429 bits per heavy atom. The van der Waals surface area contributed by atoms with Crippen molar-refractivity contribution in [2.75, 3.05) is 0 Å². The van der Waals surface area contributed by atoms with E-state index in [0.29, 0.717) is 0 Å². The molecule has 0 unspecified atom stereocenters. The smallest absolute Gasteiger partial charge is 0.0623 e. The van der Waals surface area contributed by atoms with Gasteiger partial charge in [-0.15, -0.1) is 0 Å². The summed E-state index contributed by atoms with van der Waals surface area (Å²) < 4.78 is 0. The monoisotopic (exact) mass is 290 g/mol. The van der Waals surface area contributed by atoms with Gasteiger partial charge in [0.25, 0.3) is 0 Å². The molecule has 0 spiro atoms. The van der Waals surface area contributed by atoms with Crippen LogP contribution in [-0.2, 0) is 0 Å². The molecule has 0 saturated carbocycles. The van der Waals surface area contributed by atoms with Crippen molar-refractivity contribution in [1.29, 1.82) is 0 Å². The molecule has 1 aromatic rings. The van der Waals surface area contributed by atoms with Crippen molar-refractivity contribution in [3.63, 3.8) is 0 Å². The molecule has 0 saturated heterocycles. The van der Waals surface area contributed by atoms with E-state index in [0.717, 1.165) is 0 Å². The standard InChI is InChI=1S/C6H6.Bi.3H/c1-2-4-6-5-3-1;;;;/h1-6H;;;;. The van der Waals surface area contributed by atoms with Crippen LogP contribution in [0.5, 0.6) is 0 Å². The van der Waals surface area contributed by atoms with E-state index in [4.69, 9.17) is 0 Å². The minimum Gasteiger partial charge on any atom is -0.0623 e. The summed E-state index contributed by atoms with van der Waals surface area (Å²) >= 11 is 0. The van der Waals surface area contributed by atoms with Gasteiger partial charge < -0.3 is 0 Å². The van der Waals surface area contributed by atoms with Crippen molar-refractivity contribution in [3.05, 3.63) is 36.4 Å². The van der Waals surface area contributed by atoms with Gasteiger partial charge in [0, 0.05) is 0 Å². The largest absolute Gasteiger partial charge is 0.0623 e. The maximum absolute atomic E-state index is 2.00. The summed E-state index contributed by atoms with van der Waals surface area (Å²) in [4.78, 5) is 0. The van der Waals surface area contributed by atoms with E-state index >= 15 is 0 Å². The van der Waals surface area contributed by atoms with Gasteiger partial charge in [-0.2, -0.15) is 0 Å². The third kappa shape index (κ3) is 2.76. The first kappa shape index (κ1) is 7.10. The third-order valence-corrected chi connectivity index (χ3v) is 0.667. The second-order valence-corrected chi connectivity index (χ2v) is 1.15. The van der Waals surface area contributed by atoms with Crippen LogP contribution in [-0.4, -0.2) is 26.2 Å². The van der Waals surface area contributed by atoms with E-state index in [1.165, 1.54) is 0 Å². The number of hydrogen-bond acceptors (Lipinski definition) is 0. The SMILES string of the molecule is [BiH3].c1ccccc1. The molecule has 0 aromatic heterocycles. The summed E-state index contributed by atoms with van der Waals surface area (Å²) in [7, 11) is 0. The summed E-state index contributed by atoms with van der Waals surface area (Å²) in [6.07, 6.45) is 0. The van der Waals surface area contributed by atoms with Gasteiger partial charge in [-0.05, 0) is 0 Å². The molecule has 0 aliphatic carbocycles. The molecule has 7 heavy (non-hydrogen) atoms. The first-order valence-corrected chi connectivity index (χ1v) is 2.00. The predicted octanol–water partition coefficient (Wildman–Crippen LogP) is 0.503. The fourth-order valence-corrected chi connectivity index (χ4v) is 0.385. The summed E-state index contributed by atoms with van der Waals surface area (Å²) in [5.74, 6) is 0. The first-order valence-electron chi connectivity index (χ1n) is 2.00. The maximum Gasteiger partial charge on any atom is -0.0623 e. The van der Waals surface area contributed by atoms with Gasteiger partial charge in [-0.3, -0.25) is 0 Å². The molecular formula is C6H9Bi. The van der Waals surface area contributed by atoms with Crippen molar-refractivity contribution in [3.8, 4) is 0 Å². The zero-order valence-electron chi connectivity index (χ0n) is 4.17. The number of benzene rings is 1. The van der Waals surface area contributed by atoms with Gasteiger partial charge in [0.15, 0.2) is 0 Å². The molecule has 0 radical (unpaired) electrons. The molecule has 0 atom stereocenters. The van der Waals surface area contributed by atoms with E-state index in [1.807, 2.05) is 36.4 Å². The molecule has 0 N–H and O–H groups in total. The predicted molar refractivity (Wildman–Crippen MR) is 36.4 cm³/mol. The summed E-state index contributed by atoms with van der Waals surface area (Å²) in [5.41, 5.74) is 0. The molecule has 1 rings (SSSR count). The van der Waals surface area contributed by atoms with E-state index in [1.54, 1.807) is 0 Å². The molecule has 0 bridgehead atoms. The fraction of sp³-hybridized carbons (Fsp3) is 0. The Bertz CT molecular complexity index is 76.1. The number of hydrogen-bond donors (Lipinski definition) is 0. The van der Waals surface area contributed by atoms with Crippen LogP contribution in [0.4, 0.5) is 0 Å². The minimum atomic E-state index is 0. The van der Waals surface area contributed by atoms with Crippen LogP contribution in [0.2, 0.25) is 0 Å². The molecule has 0 heterocycles. The van der Waals surface area contributed by atoms with Crippen molar-refractivity contribution in [2.24, 2.45) is 0 Å². The average molecular weight is 290 g/mol. The molecular weight excluding hydrogens is 281 g/mol. The van der Waals surface area contributed by atoms with Crippen LogP contribution in [0.1, 0.15) is 0 Å². The quantitative estimate of drug-likeness (QED) is 0.611. The molecule has 1 aromatic carbocycles.